The quantitative estimate of drug-likeness (QED) is 0.355. The van der Waals surface area contributed by atoms with Crippen LogP contribution in [0.25, 0.3) is 0 Å². The first-order chi connectivity index (χ1) is 11.5. The third kappa shape index (κ3) is 4.43. The molecule has 0 fully saturated rings. The largest absolute Gasteiger partial charge is 1.00 e. The van der Waals surface area contributed by atoms with E-state index in [1.54, 1.807) is 0 Å². The number of hydrogen-bond donors (Lipinski definition) is 3. The van der Waals surface area contributed by atoms with Gasteiger partial charge in [0.25, 0.3) is 0 Å². The normalized spacial score (nSPS) is 10.7. The summed E-state index contributed by atoms with van der Waals surface area (Å²) in [6, 6.07) is 7.07. The summed E-state index contributed by atoms with van der Waals surface area (Å²) < 4.78 is 37.4. The van der Waals surface area contributed by atoms with Crippen molar-refractivity contribution in [2.24, 2.45) is 0 Å². The summed E-state index contributed by atoms with van der Waals surface area (Å²) in [4.78, 5) is 22.2. The fourth-order valence-corrected chi connectivity index (χ4v) is 2.92. The third-order valence-corrected chi connectivity index (χ3v) is 4.40. The number of carboxylic acid groups (broad SMARTS) is 2. The Balaban J connectivity index is 0.00000338. The van der Waals surface area contributed by atoms with E-state index in [4.69, 9.17) is 4.74 Å². The smallest absolute Gasteiger partial charge is 0.481 e. The van der Waals surface area contributed by atoms with Crippen molar-refractivity contribution in [1.82, 2.24) is 0 Å². The van der Waals surface area contributed by atoms with Crippen molar-refractivity contribution >= 4 is 22.1 Å². The molecule has 2 aromatic rings. The van der Waals surface area contributed by atoms with Gasteiger partial charge in [0.15, 0.2) is 0 Å². The summed E-state index contributed by atoms with van der Waals surface area (Å²) in [7, 11) is -4.62. The summed E-state index contributed by atoms with van der Waals surface area (Å²) >= 11 is 0. The molecule has 8 nitrogen and oxygen atoms in total. The van der Waals surface area contributed by atoms with Crippen LogP contribution in [-0.2, 0) is 10.1 Å². The average Bonchev–Trinajstić information content (AvgIpc) is 2.49. The number of aromatic carboxylic acids is 2. The molecule has 0 aliphatic heterocycles. The molecule has 0 saturated heterocycles. The van der Waals surface area contributed by atoms with E-state index in [9.17, 15) is 32.8 Å². The predicted octanol–water partition coefficient (Wildman–Crippen LogP) is -0.457. The fourth-order valence-electron chi connectivity index (χ4n) is 2.34. The molecule has 26 heavy (non-hydrogen) atoms. The fraction of sp³-hybridized carbons (Fsp3) is 0.125. The van der Waals surface area contributed by atoms with Crippen molar-refractivity contribution in [2.75, 3.05) is 0 Å². The molecule has 0 aliphatic carbocycles. The van der Waals surface area contributed by atoms with Crippen LogP contribution in [0, 0.1) is 19.9 Å². The first kappa shape index (κ1) is 22.1. The molecule has 0 unspecified atom stereocenters. The van der Waals surface area contributed by atoms with E-state index < -0.39 is 27.0 Å². The Bertz CT molecular complexity index is 982. The van der Waals surface area contributed by atoms with Gasteiger partial charge >= 0.3 is 41.5 Å². The van der Waals surface area contributed by atoms with E-state index in [-0.39, 0.29) is 63.3 Å². The number of hydrogen-bond acceptors (Lipinski definition) is 5. The van der Waals surface area contributed by atoms with Crippen LogP contribution >= 0.6 is 0 Å². The van der Waals surface area contributed by atoms with Crippen LogP contribution in [0.3, 0.4) is 0 Å². The molecular weight excluding hydrogens is 375 g/mol. The van der Waals surface area contributed by atoms with Gasteiger partial charge in [-0.2, -0.15) is 18.2 Å². The summed E-state index contributed by atoms with van der Waals surface area (Å²) in [6.45, 7) is 2.75. The van der Waals surface area contributed by atoms with Crippen LogP contribution in [0.15, 0.2) is 29.2 Å². The molecule has 0 aliphatic rings. The van der Waals surface area contributed by atoms with E-state index in [1.165, 1.54) is 26.0 Å². The summed E-state index contributed by atoms with van der Waals surface area (Å²) in [6.07, 6.45) is 0. The molecule has 0 saturated carbocycles. The van der Waals surface area contributed by atoms with Crippen molar-refractivity contribution in [2.45, 2.75) is 18.7 Å². The molecule has 0 bridgehead atoms. The number of ether oxygens (including phenoxy) is 1. The molecule has 0 radical (unpaired) electrons. The molecule has 10 heteroatoms. The molecule has 132 valence electrons. The number of carboxylic acids is 2. The zero-order chi connectivity index (χ0) is 18.9. The molecule has 0 aromatic heterocycles. The molecule has 2 rings (SSSR count). The van der Waals surface area contributed by atoms with Crippen LogP contribution in [0.1, 0.15) is 31.8 Å². The number of carbonyl (C=O) groups is 2. The Morgan fingerprint density at radius 1 is 1.08 bits per heavy atom. The molecular formula is C16H13NaO8S. The van der Waals surface area contributed by atoms with Gasteiger partial charge in [-0.1, -0.05) is 0 Å². The topological polar surface area (TPSA) is 138 Å². The predicted molar refractivity (Wildman–Crippen MR) is 85.0 cm³/mol. The van der Waals surface area contributed by atoms with Crippen LogP contribution in [0.4, 0.5) is 0 Å². The van der Waals surface area contributed by atoms with E-state index in [0.29, 0.717) is 0 Å². The van der Waals surface area contributed by atoms with Gasteiger partial charge in [0, 0.05) is 16.2 Å². The van der Waals surface area contributed by atoms with Gasteiger partial charge in [-0.05, 0) is 25.5 Å². The summed E-state index contributed by atoms with van der Waals surface area (Å²) in [5.74, 6) is -3.15. The van der Waals surface area contributed by atoms with Crippen molar-refractivity contribution in [3.05, 3.63) is 52.6 Å². The Labute approximate surface area is 171 Å². The zero-order valence-corrected chi connectivity index (χ0v) is 16.9. The second-order valence-electron chi connectivity index (χ2n) is 5.11. The second kappa shape index (κ2) is 8.19. The molecule has 0 atom stereocenters. The van der Waals surface area contributed by atoms with E-state index in [0.717, 1.165) is 12.1 Å². The Morgan fingerprint density at radius 2 is 1.69 bits per heavy atom. The Morgan fingerprint density at radius 3 is 2.19 bits per heavy atom. The Kier molecular flexibility index (Phi) is 6.97. The van der Waals surface area contributed by atoms with Crippen LogP contribution in [-0.4, -0.2) is 35.1 Å². The van der Waals surface area contributed by atoms with Crippen molar-refractivity contribution in [3.63, 3.8) is 0 Å². The third-order valence-electron chi connectivity index (χ3n) is 3.53. The molecule has 2 aromatic carbocycles. The van der Waals surface area contributed by atoms with Gasteiger partial charge in [-0.15, -0.1) is 6.07 Å². The van der Waals surface area contributed by atoms with Gasteiger partial charge < -0.3 is 14.9 Å². The summed E-state index contributed by atoms with van der Waals surface area (Å²) in [5, 5.41) is 18.6. The zero-order valence-electron chi connectivity index (χ0n) is 14.1. The van der Waals surface area contributed by atoms with Gasteiger partial charge in [0.2, 0.25) is 10.1 Å². The monoisotopic (exact) mass is 388 g/mol. The van der Waals surface area contributed by atoms with Crippen molar-refractivity contribution < 1.29 is 67.1 Å². The average molecular weight is 388 g/mol. The molecule has 0 heterocycles. The van der Waals surface area contributed by atoms with Gasteiger partial charge in [-0.25, -0.2) is 18.0 Å². The minimum atomic E-state index is -4.62. The first-order valence-corrected chi connectivity index (χ1v) is 8.24. The minimum absolute atomic E-state index is 0. The van der Waals surface area contributed by atoms with E-state index >= 15 is 0 Å². The number of rotatable bonds is 5. The summed E-state index contributed by atoms with van der Waals surface area (Å²) in [5.41, 5.74) is -0.398. The van der Waals surface area contributed by atoms with E-state index in [1.807, 2.05) is 0 Å². The molecule has 3 N–H and O–H groups in total. The molecule has 0 amide bonds. The standard InChI is InChI=1S/C16H13O8S.Na/c1-8-10(15(17)18)7-12(9(2)14(8)16(19)20)24-11-5-3-4-6-13(11)25(21,22)23;/h3,5-7H,1-2H3,(H,17,18)(H,19,20)(H,21,22,23);/q-1;+1. The van der Waals surface area contributed by atoms with Gasteiger partial charge in [0.1, 0.15) is 5.75 Å². The minimum Gasteiger partial charge on any atom is -0.481 e. The van der Waals surface area contributed by atoms with Crippen LogP contribution < -0.4 is 34.3 Å². The van der Waals surface area contributed by atoms with Crippen molar-refractivity contribution in [1.29, 1.82) is 0 Å². The number of benzene rings is 2. The SMILES string of the molecule is Cc1c(Oc2cc[c-]cc2S(=O)(=O)O)cc(C(=O)O)c(C)c1C(=O)O.[Na+]. The molecule has 0 spiro atoms. The Hall–Kier alpha value is -1.91. The second-order valence-corrected chi connectivity index (χ2v) is 6.50. The maximum atomic E-state index is 11.5. The maximum Gasteiger partial charge on any atom is 1.00 e. The van der Waals surface area contributed by atoms with Crippen molar-refractivity contribution in [3.8, 4) is 11.5 Å². The van der Waals surface area contributed by atoms with Gasteiger partial charge in [0.05, 0.1) is 11.1 Å². The first-order valence-electron chi connectivity index (χ1n) is 6.80. The van der Waals surface area contributed by atoms with Gasteiger partial charge in [-0.3, -0.25) is 4.55 Å². The van der Waals surface area contributed by atoms with Crippen LogP contribution in [0.2, 0.25) is 0 Å². The van der Waals surface area contributed by atoms with Crippen LogP contribution in [0.5, 0.6) is 11.5 Å². The maximum absolute atomic E-state index is 11.5. The van der Waals surface area contributed by atoms with E-state index in [2.05, 4.69) is 6.07 Å².